The first kappa shape index (κ1) is 14.1. The predicted molar refractivity (Wildman–Crippen MR) is 81.4 cm³/mol. The summed E-state index contributed by atoms with van der Waals surface area (Å²) in [5, 5.41) is 2.82. The first-order chi connectivity index (χ1) is 10.2. The molecule has 0 aromatic heterocycles. The molecule has 2 amide bonds. The van der Waals surface area contributed by atoms with Crippen LogP contribution in [0.1, 0.15) is 26.2 Å². The molecule has 3 rings (SSSR count). The average molecular weight is 288 g/mol. The Labute approximate surface area is 124 Å². The van der Waals surface area contributed by atoms with Crippen molar-refractivity contribution in [3.63, 3.8) is 0 Å². The molecular weight excluding hydrogens is 266 g/mol. The van der Waals surface area contributed by atoms with E-state index in [-0.39, 0.29) is 24.4 Å². The number of carbonyl (C=O) groups excluding carboxylic acids is 2. The highest BCUT2D eigenvalue weighted by Crippen LogP contribution is 2.29. The van der Waals surface area contributed by atoms with E-state index in [4.69, 9.17) is 0 Å². The van der Waals surface area contributed by atoms with Gasteiger partial charge in [-0.25, -0.2) is 0 Å². The van der Waals surface area contributed by atoms with Gasteiger partial charge in [-0.2, -0.15) is 0 Å². The Hall–Kier alpha value is -1.88. The maximum atomic E-state index is 12.8. The molecule has 2 N–H and O–H groups in total. The molecule has 2 aliphatic heterocycles. The lowest BCUT2D eigenvalue weighted by Crippen LogP contribution is -3.17. The van der Waals surface area contributed by atoms with Gasteiger partial charge in [0.2, 0.25) is 5.91 Å². The van der Waals surface area contributed by atoms with Gasteiger partial charge in [-0.3, -0.25) is 14.5 Å². The number of anilines is 2. The van der Waals surface area contributed by atoms with Gasteiger partial charge in [-0.05, 0) is 38.3 Å². The number of hydrogen-bond donors (Lipinski definition) is 2. The Kier molecular flexibility index (Phi) is 3.92. The Bertz CT molecular complexity index is 552. The molecule has 1 fully saturated rings. The Morgan fingerprint density at radius 1 is 1.24 bits per heavy atom. The molecular formula is C16H22N3O2+. The molecule has 1 saturated heterocycles. The van der Waals surface area contributed by atoms with Crippen molar-refractivity contribution in [3.05, 3.63) is 24.3 Å². The first-order valence-corrected chi connectivity index (χ1v) is 7.71. The fraction of sp³-hybridized carbons (Fsp3) is 0.500. The van der Waals surface area contributed by atoms with Crippen molar-refractivity contribution in [3.8, 4) is 0 Å². The number of rotatable bonds is 2. The van der Waals surface area contributed by atoms with Crippen LogP contribution in [0, 0.1) is 0 Å². The molecule has 2 aliphatic rings. The number of hydrogen-bond acceptors (Lipinski definition) is 2. The Balaban J connectivity index is 1.82. The van der Waals surface area contributed by atoms with Crippen molar-refractivity contribution < 1.29 is 14.5 Å². The van der Waals surface area contributed by atoms with Gasteiger partial charge in [0.1, 0.15) is 6.54 Å². The molecule has 5 nitrogen and oxygen atoms in total. The summed E-state index contributed by atoms with van der Waals surface area (Å²) in [5.74, 6) is -0.0721. The molecule has 1 aromatic rings. The lowest BCUT2D eigenvalue weighted by Gasteiger charge is -2.34. The van der Waals surface area contributed by atoms with E-state index in [1.807, 2.05) is 31.2 Å². The van der Waals surface area contributed by atoms with Crippen LogP contribution in [0.2, 0.25) is 0 Å². The quantitative estimate of drug-likeness (QED) is 0.829. The minimum atomic E-state index is -0.122. The van der Waals surface area contributed by atoms with Gasteiger partial charge in [0, 0.05) is 0 Å². The van der Waals surface area contributed by atoms with Gasteiger partial charge in [0.15, 0.2) is 6.04 Å². The molecule has 2 heterocycles. The molecule has 1 aromatic carbocycles. The minimum Gasteiger partial charge on any atom is -0.325 e. The van der Waals surface area contributed by atoms with E-state index < -0.39 is 0 Å². The zero-order valence-electron chi connectivity index (χ0n) is 12.4. The Morgan fingerprint density at radius 3 is 2.71 bits per heavy atom. The summed E-state index contributed by atoms with van der Waals surface area (Å²) in [6.07, 6.45) is 3.63. The number of carbonyl (C=O) groups is 2. The van der Waals surface area contributed by atoms with Gasteiger partial charge in [-0.15, -0.1) is 0 Å². The van der Waals surface area contributed by atoms with Crippen molar-refractivity contribution in [2.24, 2.45) is 0 Å². The van der Waals surface area contributed by atoms with Gasteiger partial charge in [-0.1, -0.05) is 12.1 Å². The highest BCUT2D eigenvalue weighted by atomic mass is 16.2. The molecule has 1 atom stereocenters. The standard InChI is InChI=1S/C16H21N3O2/c1-12(18-9-5-2-6-10-18)16(21)19-11-15(20)17-13-7-3-4-8-14(13)19/h3-4,7-8,12H,2,5-6,9-11H2,1H3,(H,17,20)/p+1/t12-/m0/s1. The summed E-state index contributed by atoms with van der Waals surface area (Å²) >= 11 is 0. The number of amides is 2. The van der Waals surface area contributed by atoms with Crippen molar-refractivity contribution in [1.82, 2.24) is 0 Å². The maximum Gasteiger partial charge on any atom is 0.285 e. The summed E-state index contributed by atoms with van der Waals surface area (Å²) in [7, 11) is 0. The Morgan fingerprint density at radius 2 is 1.95 bits per heavy atom. The summed E-state index contributed by atoms with van der Waals surface area (Å²) in [6, 6.07) is 7.40. The third-order valence-electron chi connectivity index (χ3n) is 4.52. The number of nitrogens with one attached hydrogen (secondary N) is 2. The van der Waals surface area contributed by atoms with E-state index in [9.17, 15) is 9.59 Å². The smallest absolute Gasteiger partial charge is 0.285 e. The molecule has 0 radical (unpaired) electrons. The van der Waals surface area contributed by atoms with Crippen LogP contribution in [-0.2, 0) is 9.59 Å². The normalized spacial score (nSPS) is 20.6. The topological polar surface area (TPSA) is 53.9 Å². The van der Waals surface area contributed by atoms with Crippen molar-refractivity contribution in [2.45, 2.75) is 32.2 Å². The fourth-order valence-electron chi connectivity index (χ4n) is 3.28. The van der Waals surface area contributed by atoms with Crippen LogP contribution in [-0.4, -0.2) is 37.5 Å². The second-order valence-electron chi connectivity index (χ2n) is 5.93. The number of quaternary nitrogens is 1. The van der Waals surface area contributed by atoms with Crippen molar-refractivity contribution >= 4 is 23.2 Å². The zero-order valence-corrected chi connectivity index (χ0v) is 12.4. The molecule has 0 bridgehead atoms. The van der Waals surface area contributed by atoms with Gasteiger partial charge in [0.25, 0.3) is 5.91 Å². The van der Waals surface area contributed by atoms with E-state index in [1.54, 1.807) is 4.90 Å². The van der Waals surface area contributed by atoms with Crippen LogP contribution < -0.4 is 15.1 Å². The molecule has 0 unspecified atom stereocenters. The minimum absolute atomic E-state index is 0.0502. The molecule has 21 heavy (non-hydrogen) atoms. The van der Waals surface area contributed by atoms with Crippen LogP contribution in [0.15, 0.2) is 24.3 Å². The SMILES string of the molecule is C[C@@H](C(=O)N1CC(=O)Nc2ccccc21)[NH+]1CCCCC1. The number of fused-ring (bicyclic) bond motifs is 1. The number of para-hydroxylation sites is 2. The number of likely N-dealkylation sites (tertiary alicyclic amines) is 1. The number of nitrogens with zero attached hydrogens (tertiary/aromatic N) is 1. The molecule has 5 heteroatoms. The number of benzene rings is 1. The second-order valence-corrected chi connectivity index (χ2v) is 5.93. The lowest BCUT2D eigenvalue weighted by molar-refractivity contribution is -0.918. The molecule has 112 valence electrons. The predicted octanol–water partition coefficient (Wildman–Crippen LogP) is 0.429. The van der Waals surface area contributed by atoms with Crippen LogP contribution >= 0.6 is 0 Å². The number of piperidine rings is 1. The van der Waals surface area contributed by atoms with Crippen molar-refractivity contribution in [1.29, 1.82) is 0 Å². The van der Waals surface area contributed by atoms with Crippen molar-refractivity contribution in [2.75, 3.05) is 29.9 Å². The van der Waals surface area contributed by atoms with Gasteiger partial charge in [0.05, 0.1) is 24.5 Å². The summed E-state index contributed by atoms with van der Waals surface area (Å²) in [4.78, 5) is 27.6. The third-order valence-corrected chi connectivity index (χ3v) is 4.52. The fourth-order valence-corrected chi connectivity index (χ4v) is 3.28. The largest absolute Gasteiger partial charge is 0.325 e. The summed E-state index contributed by atoms with van der Waals surface area (Å²) in [6.45, 7) is 4.20. The van der Waals surface area contributed by atoms with E-state index >= 15 is 0 Å². The van der Waals surface area contributed by atoms with Crippen LogP contribution in [0.4, 0.5) is 11.4 Å². The lowest BCUT2D eigenvalue weighted by atomic mass is 10.1. The monoisotopic (exact) mass is 288 g/mol. The highest BCUT2D eigenvalue weighted by Gasteiger charge is 2.34. The molecule has 0 aliphatic carbocycles. The zero-order chi connectivity index (χ0) is 14.8. The van der Waals surface area contributed by atoms with Crippen LogP contribution in [0.5, 0.6) is 0 Å². The second kappa shape index (κ2) is 5.85. The first-order valence-electron chi connectivity index (χ1n) is 7.71. The van der Waals surface area contributed by atoms with E-state index in [1.165, 1.54) is 24.2 Å². The third kappa shape index (κ3) is 2.78. The average Bonchev–Trinajstić information content (AvgIpc) is 2.53. The summed E-state index contributed by atoms with van der Waals surface area (Å²) in [5.41, 5.74) is 1.54. The molecule has 0 saturated carbocycles. The van der Waals surface area contributed by atoms with Gasteiger partial charge >= 0.3 is 0 Å². The van der Waals surface area contributed by atoms with Gasteiger partial charge < -0.3 is 10.2 Å². The van der Waals surface area contributed by atoms with E-state index in [0.717, 1.165) is 24.5 Å². The maximum absolute atomic E-state index is 12.8. The van der Waals surface area contributed by atoms with Crippen LogP contribution in [0.3, 0.4) is 0 Å². The van der Waals surface area contributed by atoms with E-state index in [2.05, 4.69) is 5.32 Å². The van der Waals surface area contributed by atoms with E-state index in [0.29, 0.717) is 0 Å². The van der Waals surface area contributed by atoms with Crippen LogP contribution in [0.25, 0.3) is 0 Å². The molecule has 0 spiro atoms. The highest BCUT2D eigenvalue weighted by molar-refractivity contribution is 6.10. The summed E-state index contributed by atoms with van der Waals surface area (Å²) < 4.78 is 0.